The Bertz CT molecular complexity index is 643. The third-order valence-corrected chi connectivity index (χ3v) is 6.24. The van der Waals surface area contributed by atoms with Gasteiger partial charge in [-0.05, 0) is 45.4 Å². The third kappa shape index (κ3) is 4.53. The molecule has 1 aromatic rings. The minimum atomic E-state index is -3.48. The highest BCUT2D eigenvalue weighted by Crippen LogP contribution is 2.22. The third-order valence-electron chi connectivity index (χ3n) is 4.32. The first-order chi connectivity index (χ1) is 10.8. The molecule has 0 saturated carbocycles. The van der Waals surface area contributed by atoms with E-state index in [0.717, 1.165) is 18.4 Å². The van der Waals surface area contributed by atoms with Crippen molar-refractivity contribution in [1.29, 1.82) is 0 Å². The lowest BCUT2D eigenvalue weighted by molar-refractivity contribution is -0.138. The summed E-state index contributed by atoms with van der Waals surface area (Å²) < 4.78 is 27.0. The van der Waals surface area contributed by atoms with Gasteiger partial charge in [-0.1, -0.05) is 17.7 Å². The van der Waals surface area contributed by atoms with Gasteiger partial charge in [-0.15, -0.1) is 0 Å². The second-order valence-corrected chi connectivity index (χ2v) is 8.05. The lowest BCUT2D eigenvalue weighted by atomic mass is 10.1. The highest BCUT2D eigenvalue weighted by atomic mass is 32.2. The monoisotopic (exact) mass is 340 g/mol. The Morgan fingerprint density at radius 2 is 1.91 bits per heavy atom. The maximum absolute atomic E-state index is 12.7. The molecule has 23 heavy (non-hydrogen) atoms. The maximum atomic E-state index is 12.7. The summed E-state index contributed by atoms with van der Waals surface area (Å²) in [5, 5.41) is 8.89. The average molecular weight is 340 g/mol. The molecule has 1 saturated heterocycles. The number of aliphatic carboxylic acids is 1. The van der Waals surface area contributed by atoms with Crippen molar-refractivity contribution in [2.24, 2.45) is 0 Å². The summed E-state index contributed by atoms with van der Waals surface area (Å²) in [6, 6.07) is 6.99. The van der Waals surface area contributed by atoms with E-state index in [4.69, 9.17) is 5.11 Å². The molecule has 1 aromatic carbocycles. The van der Waals surface area contributed by atoms with Crippen LogP contribution in [0.4, 0.5) is 0 Å². The molecule has 1 aliphatic heterocycles. The Morgan fingerprint density at radius 1 is 1.26 bits per heavy atom. The fourth-order valence-corrected chi connectivity index (χ4v) is 4.43. The quantitative estimate of drug-likeness (QED) is 0.880. The number of aryl methyl sites for hydroxylation is 1. The lowest BCUT2D eigenvalue weighted by Crippen LogP contribution is -2.37. The summed E-state index contributed by atoms with van der Waals surface area (Å²) in [4.78, 5) is 12.9. The number of benzene rings is 1. The number of carboxylic acid groups (broad SMARTS) is 1. The molecule has 1 heterocycles. The van der Waals surface area contributed by atoms with Crippen molar-refractivity contribution in [2.75, 3.05) is 26.7 Å². The summed E-state index contributed by atoms with van der Waals surface area (Å²) in [6.07, 6.45) is 2.19. The van der Waals surface area contributed by atoms with Gasteiger partial charge in [0.2, 0.25) is 10.0 Å². The molecule has 0 radical (unpaired) electrons. The van der Waals surface area contributed by atoms with Crippen molar-refractivity contribution in [3.63, 3.8) is 0 Å². The predicted octanol–water partition coefficient (Wildman–Crippen LogP) is 1.55. The molecule has 1 fully saturated rings. The van der Waals surface area contributed by atoms with E-state index >= 15 is 0 Å². The number of carbonyl (C=O) groups is 1. The Hall–Kier alpha value is -1.44. The Kier molecular flexibility index (Phi) is 5.78. The molecule has 1 unspecified atom stereocenters. The Balaban J connectivity index is 2.07. The van der Waals surface area contributed by atoms with Crippen LogP contribution in [-0.4, -0.2) is 61.4 Å². The zero-order valence-corrected chi connectivity index (χ0v) is 14.4. The minimum Gasteiger partial charge on any atom is -0.480 e. The van der Waals surface area contributed by atoms with Crippen LogP contribution in [-0.2, 0) is 14.8 Å². The second-order valence-electron chi connectivity index (χ2n) is 6.11. The van der Waals surface area contributed by atoms with Crippen LogP contribution in [0.15, 0.2) is 29.2 Å². The van der Waals surface area contributed by atoms with Crippen LogP contribution in [0.1, 0.15) is 24.8 Å². The van der Waals surface area contributed by atoms with Crippen LogP contribution < -0.4 is 0 Å². The molecular formula is C16H24N2O4S. The van der Waals surface area contributed by atoms with Crippen molar-refractivity contribution in [3.05, 3.63) is 29.8 Å². The number of rotatable bonds is 5. The molecule has 6 nitrogen and oxygen atoms in total. The smallest absolute Gasteiger partial charge is 0.317 e. The Morgan fingerprint density at radius 3 is 2.52 bits per heavy atom. The minimum absolute atomic E-state index is 0.0185. The second kappa shape index (κ2) is 7.42. The van der Waals surface area contributed by atoms with E-state index in [1.54, 1.807) is 36.2 Å². The van der Waals surface area contributed by atoms with Crippen LogP contribution in [0, 0.1) is 6.92 Å². The summed E-state index contributed by atoms with van der Waals surface area (Å²) in [7, 11) is -1.70. The molecule has 128 valence electrons. The molecule has 1 atom stereocenters. The summed E-state index contributed by atoms with van der Waals surface area (Å²) in [5.74, 6) is -0.860. The predicted molar refractivity (Wildman–Crippen MR) is 87.8 cm³/mol. The number of hydrogen-bond donors (Lipinski definition) is 1. The summed E-state index contributed by atoms with van der Waals surface area (Å²) in [6.45, 7) is 2.80. The highest BCUT2D eigenvalue weighted by molar-refractivity contribution is 7.89. The van der Waals surface area contributed by atoms with Gasteiger partial charge >= 0.3 is 5.97 Å². The number of sulfonamides is 1. The molecule has 1 N–H and O–H groups in total. The first-order valence-electron chi connectivity index (χ1n) is 7.79. The Labute approximate surface area is 137 Å². The first kappa shape index (κ1) is 17.9. The van der Waals surface area contributed by atoms with Crippen LogP contribution in [0.3, 0.4) is 0 Å². The largest absolute Gasteiger partial charge is 0.480 e. The van der Waals surface area contributed by atoms with Gasteiger partial charge < -0.3 is 5.11 Å². The molecule has 0 amide bonds. The van der Waals surface area contributed by atoms with E-state index in [0.29, 0.717) is 24.4 Å². The number of carboxylic acids is 1. The van der Waals surface area contributed by atoms with Crippen LogP contribution >= 0.6 is 0 Å². The molecule has 0 bridgehead atoms. The molecule has 0 aliphatic carbocycles. The molecule has 0 aromatic heterocycles. The van der Waals surface area contributed by atoms with E-state index in [2.05, 4.69) is 0 Å². The van der Waals surface area contributed by atoms with Crippen molar-refractivity contribution >= 4 is 16.0 Å². The van der Waals surface area contributed by atoms with Gasteiger partial charge in [0, 0.05) is 19.1 Å². The number of likely N-dealkylation sites (N-methyl/N-ethyl adjacent to an activating group) is 1. The number of hydrogen-bond acceptors (Lipinski definition) is 4. The van der Waals surface area contributed by atoms with Gasteiger partial charge in [0.1, 0.15) is 0 Å². The standard InChI is InChI=1S/C16H24N2O4S/c1-13-5-7-15(8-6-13)23(21,22)18-10-3-4-14(9-11-18)17(2)12-16(19)20/h5-8,14H,3-4,9-12H2,1-2H3,(H,19,20). The summed E-state index contributed by atoms with van der Waals surface area (Å²) >= 11 is 0. The van der Waals surface area contributed by atoms with Gasteiger partial charge in [0.25, 0.3) is 0 Å². The maximum Gasteiger partial charge on any atom is 0.317 e. The molecule has 1 aliphatic rings. The SMILES string of the molecule is Cc1ccc(S(=O)(=O)N2CCCC(N(C)CC(=O)O)CC2)cc1. The molecule has 7 heteroatoms. The number of nitrogens with zero attached hydrogens (tertiary/aromatic N) is 2. The van der Waals surface area contributed by atoms with E-state index in [-0.39, 0.29) is 12.6 Å². The van der Waals surface area contributed by atoms with Crippen molar-refractivity contribution in [2.45, 2.75) is 37.1 Å². The highest BCUT2D eigenvalue weighted by Gasteiger charge is 2.29. The molecule has 0 spiro atoms. The van der Waals surface area contributed by atoms with E-state index in [9.17, 15) is 13.2 Å². The average Bonchev–Trinajstić information content (AvgIpc) is 2.73. The van der Waals surface area contributed by atoms with Crippen LogP contribution in [0.5, 0.6) is 0 Å². The van der Waals surface area contributed by atoms with Crippen molar-refractivity contribution in [3.8, 4) is 0 Å². The van der Waals surface area contributed by atoms with Gasteiger partial charge in [-0.3, -0.25) is 9.69 Å². The van der Waals surface area contributed by atoms with Gasteiger partial charge in [0.05, 0.1) is 11.4 Å². The topological polar surface area (TPSA) is 77.9 Å². The van der Waals surface area contributed by atoms with Crippen molar-refractivity contribution in [1.82, 2.24) is 9.21 Å². The zero-order chi connectivity index (χ0) is 17.0. The van der Waals surface area contributed by atoms with Gasteiger partial charge in [-0.2, -0.15) is 4.31 Å². The van der Waals surface area contributed by atoms with E-state index in [1.165, 1.54) is 4.31 Å². The fraction of sp³-hybridized carbons (Fsp3) is 0.562. The zero-order valence-electron chi connectivity index (χ0n) is 13.6. The van der Waals surface area contributed by atoms with Crippen LogP contribution in [0.25, 0.3) is 0 Å². The van der Waals surface area contributed by atoms with Gasteiger partial charge in [0.15, 0.2) is 0 Å². The first-order valence-corrected chi connectivity index (χ1v) is 9.23. The van der Waals surface area contributed by atoms with Gasteiger partial charge in [-0.25, -0.2) is 8.42 Å². The lowest BCUT2D eigenvalue weighted by Gasteiger charge is -2.25. The van der Waals surface area contributed by atoms with Crippen LogP contribution in [0.2, 0.25) is 0 Å². The fourth-order valence-electron chi connectivity index (χ4n) is 2.94. The van der Waals surface area contributed by atoms with Crippen molar-refractivity contribution < 1.29 is 18.3 Å². The summed E-state index contributed by atoms with van der Waals surface area (Å²) in [5.41, 5.74) is 1.02. The molecule has 2 rings (SSSR count). The molecular weight excluding hydrogens is 316 g/mol. The normalized spacial score (nSPS) is 20.4. The van der Waals surface area contributed by atoms with E-state index < -0.39 is 16.0 Å². The van der Waals surface area contributed by atoms with E-state index in [1.807, 2.05) is 6.92 Å².